The summed E-state index contributed by atoms with van der Waals surface area (Å²) in [5.41, 5.74) is 2.09. The number of halogens is 1. The molecular weight excluding hydrogens is 372 g/mol. The predicted octanol–water partition coefficient (Wildman–Crippen LogP) is 5.22. The van der Waals surface area contributed by atoms with E-state index in [1.807, 2.05) is 17.5 Å². The van der Waals surface area contributed by atoms with Gasteiger partial charge < -0.3 is 14.2 Å². The minimum Gasteiger partial charge on any atom is -0.465 e. The molecule has 0 radical (unpaired) electrons. The highest BCUT2D eigenvalue weighted by atomic mass is 35.5. The predicted molar refractivity (Wildman–Crippen MR) is 104 cm³/mol. The van der Waals surface area contributed by atoms with E-state index < -0.39 is 5.97 Å². The average Bonchev–Trinajstić information content (AvgIpc) is 3.30. The van der Waals surface area contributed by atoms with E-state index in [2.05, 4.69) is 26.0 Å². The van der Waals surface area contributed by atoms with Gasteiger partial charge in [0.1, 0.15) is 0 Å². The van der Waals surface area contributed by atoms with Crippen LogP contribution in [0.15, 0.2) is 35.7 Å². The van der Waals surface area contributed by atoms with Gasteiger partial charge in [0, 0.05) is 10.4 Å². The molecule has 0 atom stereocenters. The Hall–Kier alpha value is -1.66. The monoisotopic (exact) mass is 392 g/mol. The number of methoxy groups -OCH3 is 1. The SMILES string of the molecule is COC(=O)c1cc(Cl)ccc1/C=C/C(C)(C)c1ccsc1C1OCCO1. The number of rotatable bonds is 5. The fraction of sp³-hybridized carbons (Fsp3) is 0.350. The van der Waals surface area contributed by atoms with Crippen LogP contribution in [0.3, 0.4) is 0 Å². The number of benzene rings is 1. The Labute approximate surface area is 162 Å². The van der Waals surface area contributed by atoms with Crippen molar-refractivity contribution in [1.82, 2.24) is 0 Å². The van der Waals surface area contributed by atoms with Gasteiger partial charge in [-0.05, 0) is 34.7 Å². The molecule has 0 aliphatic carbocycles. The first kappa shape index (κ1) is 19.1. The molecule has 0 spiro atoms. The molecule has 0 bridgehead atoms. The summed E-state index contributed by atoms with van der Waals surface area (Å²) in [7, 11) is 1.36. The van der Waals surface area contributed by atoms with Crippen LogP contribution in [-0.4, -0.2) is 26.3 Å². The molecule has 0 unspecified atom stereocenters. The molecule has 2 aromatic rings. The van der Waals surface area contributed by atoms with E-state index in [1.54, 1.807) is 23.5 Å². The van der Waals surface area contributed by atoms with Gasteiger partial charge >= 0.3 is 5.97 Å². The number of hydrogen-bond donors (Lipinski definition) is 0. The fourth-order valence-corrected chi connectivity index (χ4v) is 4.12. The van der Waals surface area contributed by atoms with Crippen molar-refractivity contribution in [3.8, 4) is 0 Å². The van der Waals surface area contributed by atoms with Crippen molar-refractivity contribution in [3.05, 3.63) is 62.3 Å². The lowest BCUT2D eigenvalue weighted by Gasteiger charge is -2.23. The van der Waals surface area contributed by atoms with Crippen LogP contribution in [0.2, 0.25) is 5.02 Å². The summed E-state index contributed by atoms with van der Waals surface area (Å²) in [6.45, 7) is 5.48. The number of hydrogen-bond acceptors (Lipinski definition) is 5. The van der Waals surface area contributed by atoms with Gasteiger partial charge in [-0.15, -0.1) is 11.3 Å². The molecule has 3 rings (SSSR count). The van der Waals surface area contributed by atoms with Gasteiger partial charge in [-0.25, -0.2) is 4.79 Å². The molecule has 6 heteroatoms. The lowest BCUT2D eigenvalue weighted by atomic mass is 9.83. The van der Waals surface area contributed by atoms with Crippen molar-refractivity contribution in [1.29, 1.82) is 0 Å². The number of esters is 1. The first-order valence-electron chi connectivity index (χ1n) is 8.30. The summed E-state index contributed by atoms with van der Waals surface area (Å²) in [6.07, 6.45) is 3.71. The molecule has 0 N–H and O–H groups in total. The Morgan fingerprint density at radius 1 is 1.31 bits per heavy atom. The van der Waals surface area contributed by atoms with Crippen molar-refractivity contribution in [2.45, 2.75) is 25.6 Å². The number of carbonyl (C=O) groups excluding carboxylic acids is 1. The van der Waals surface area contributed by atoms with E-state index in [0.29, 0.717) is 23.8 Å². The maximum atomic E-state index is 12.0. The second kappa shape index (κ2) is 7.92. The highest BCUT2D eigenvalue weighted by molar-refractivity contribution is 7.10. The van der Waals surface area contributed by atoms with Gasteiger partial charge in [0.25, 0.3) is 0 Å². The van der Waals surface area contributed by atoms with E-state index >= 15 is 0 Å². The fourth-order valence-electron chi connectivity index (χ4n) is 2.89. The van der Waals surface area contributed by atoms with Crippen molar-refractivity contribution in [3.63, 3.8) is 0 Å². The maximum absolute atomic E-state index is 12.0. The second-order valence-electron chi connectivity index (χ2n) is 6.55. The van der Waals surface area contributed by atoms with E-state index in [9.17, 15) is 4.79 Å². The molecule has 0 amide bonds. The third kappa shape index (κ3) is 4.01. The molecule has 2 heterocycles. The number of allylic oxidation sites excluding steroid dienone is 1. The number of thiophene rings is 1. The number of ether oxygens (including phenoxy) is 3. The van der Waals surface area contributed by atoms with Gasteiger partial charge in [0.15, 0.2) is 6.29 Å². The van der Waals surface area contributed by atoms with Crippen LogP contribution in [0, 0.1) is 0 Å². The van der Waals surface area contributed by atoms with Crippen molar-refractivity contribution < 1.29 is 19.0 Å². The van der Waals surface area contributed by atoms with E-state index in [1.165, 1.54) is 7.11 Å². The molecule has 1 aliphatic rings. The van der Waals surface area contributed by atoms with Crippen LogP contribution < -0.4 is 0 Å². The first-order valence-corrected chi connectivity index (χ1v) is 9.56. The van der Waals surface area contributed by atoms with Gasteiger partial charge in [0.2, 0.25) is 0 Å². The molecule has 1 saturated heterocycles. The second-order valence-corrected chi connectivity index (χ2v) is 7.93. The van der Waals surface area contributed by atoms with Gasteiger partial charge in [0.05, 0.1) is 30.8 Å². The minimum absolute atomic E-state index is 0.266. The van der Waals surface area contributed by atoms with Crippen LogP contribution in [0.4, 0.5) is 0 Å². The number of carbonyl (C=O) groups is 1. The molecule has 4 nitrogen and oxygen atoms in total. The highest BCUT2D eigenvalue weighted by Crippen LogP contribution is 2.38. The molecule has 1 fully saturated rings. The molecule has 26 heavy (non-hydrogen) atoms. The average molecular weight is 393 g/mol. The zero-order valence-electron chi connectivity index (χ0n) is 15.0. The third-order valence-corrected chi connectivity index (χ3v) is 5.50. The summed E-state index contributed by atoms with van der Waals surface area (Å²) < 4.78 is 16.2. The quantitative estimate of drug-likeness (QED) is 0.654. The highest BCUT2D eigenvalue weighted by Gasteiger charge is 2.29. The lowest BCUT2D eigenvalue weighted by molar-refractivity contribution is -0.0422. The Kier molecular flexibility index (Phi) is 5.82. The third-order valence-electron chi connectivity index (χ3n) is 4.33. The van der Waals surface area contributed by atoms with E-state index in [-0.39, 0.29) is 11.7 Å². The normalized spacial score (nSPS) is 15.7. The van der Waals surface area contributed by atoms with Crippen LogP contribution in [0.5, 0.6) is 0 Å². The van der Waals surface area contributed by atoms with Crippen molar-refractivity contribution in [2.75, 3.05) is 20.3 Å². The zero-order valence-corrected chi connectivity index (χ0v) is 16.5. The van der Waals surface area contributed by atoms with Crippen LogP contribution >= 0.6 is 22.9 Å². The van der Waals surface area contributed by atoms with E-state index in [0.717, 1.165) is 16.0 Å². The molecule has 0 saturated carbocycles. The van der Waals surface area contributed by atoms with Crippen molar-refractivity contribution >= 4 is 35.0 Å². The van der Waals surface area contributed by atoms with Gasteiger partial charge in [-0.3, -0.25) is 0 Å². The summed E-state index contributed by atoms with van der Waals surface area (Å²) in [5.74, 6) is -0.408. The summed E-state index contributed by atoms with van der Waals surface area (Å²) in [5, 5.41) is 2.55. The zero-order chi connectivity index (χ0) is 18.7. The molecule has 1 aromatic carbocycles. The Bertz CT molecular complexity index is 819. The molecule has 138 valence electrons. The lowest BCUT2D eigenvalue weighted by Crippen LogP contribution is -2.16. The van der Waals surface area contributed by atoms with Crippen molar-refractivity contribution in [2.24, 2.45) is 0 Å². The summed E-state index contributed by atoms with van der Waals surface area (Å²) >= 11 is 7.66. The van der Waals surface area contributed by atoms with E-state index in [4.69, 9.17) is 25.8 Å². The standard InChI is InChI=1S/C20H21ClO4S/c1-20(2,16-7-11-26-17(16)19-24-9-10-25-19)8-6-13-4-5-14(21)12-15(13)18(22)23-3/h4-8,11-12,19H,9-10H2,1-3H3/b8-6+. The largest absolute Gasteiger partial charge is 0.465 e. The Balaban J connectivity index is 1.91. The van der Waals surface area contributed by atoms with Crippen LogP contribution in [0.25, 0.3) is 6.08 Å². The topological polar surface area (TPSA) is 44.8 Å². The maximum Gasteiger partial charge on any atom is 0.338 e. The van der Waals surface area contributed by atoms with Gasteiger partial charge in [-0.1, -0.05) is 43.7 Å². The molecule has 1 aromatic heterocycles. The Morgan fingerprint density at radius 3 is 2.73 bits per heavy atom. The smallest absolute Gasteiger partial charge is 0.338 e. The van der Waals surface area contributed by atoms with Gasteiger partial charge in [-0.2, -0.15) is 0 Å². The molecular formula is C20H21ClO4S. The Morgan fingerprint density at radius 2 is 2.04 bits per heavy atom. The minimum atomic E-state index is -0.408. The van der Waals surface area contributed by atoms with Crippen LogP contribution in [0.1, 0.15) is 46.5 Å². The van der Waals surface area contributed by atoms with Crippen LogP contribution in [-0.2, 0) is 19.6 Å². The summed E-state index contributed by atoms with van der Waals surface area (Å²) in [4.78, 5) is 13.1. The molecule has 1 aliphatic heterocycles. The summed E-state index contributed by atoms with van der Waals surface area (Å²) in [6, 6.07) is 7.30. The first-order chi connectivity index (χ1) is 12.4.